The van der Waals surface area contributed by atoms with Gasteiger partial charge in [0.25, 0.3) is 0 Å². The number of methoxy groups -OCH3 is 2. The van der Waals surface area contributed by atoms with Crippen molar-refractivity contribution in [3.63, 3.8) is 0 Å². The summed E-state index contributed by atoms with van der Waals surface area (Å²) in [5.41, 5.74) is 1.11. The Bertz CT molecular complexity index is 994. The number of nitrogens with zero attached hydrogens (tertiary/aromatic N) is 1. The van der Waals surface area contributed by atoms with Crippen LogP contribution >= 0.6 is 12.4 Å². The maximum Gasteiger partial charge on any atom is 0.305 e. The number of carbonyl (C=O) groups is 2. The zero-order valence-electron chi connectivity index (χ0n) is 22.9. The third-order valence-electron chi connectivity index (χ3n) is 5.94. The molecule has 8 heteroatoms. The molecule has 0 saturated heterocycles. The van der Waals surface area contributed by atoms with Crippen molar-refractivity contribution in [3.05, 3.63) is 53.9 Å². The molecule has 0 aliphatic heterocycles. The first kappa shape index (κ1) is 33.0. The van der Waals surface area contributed by atoms with Gasteiger partial charge >= 0.3 is 5.97 Å². The number of benzene rings is 1. The van der Waals surface area contributed by atoms with Gasteiger partial charge < -0.3 is 18.9 Å². The van der Waals surface area contributed by atoms with E-state index in [1.54, 1.807) is 50.8 Å². The van der Waals surface area contributed by atoms with E-state index in [4.69, 9.17) is 18.9 Å². The molecule has 0 atom stereocenters. The van der Waals surface area contributed by atoms with Gasteiger partial charge in [-0.2, -0.15) is 0 Å². The molecule has 0 saturated carbocycles. The van der Waals surface area contributed by atoms with E-state index in [0.29, 0.717) is 48.1 Å². The average Bonchev–Trinajstić information content (AvgIpc) is 2.92. The third kappa shape index (κ3) is 12.5. The van der Waals surface area contributed by atoms with Gasteiger partial charge in [-0.1, -0.05) is 57.1 Å². The van der Waals surface area contributed by atoms with Crippen LogP contribution in [0.15, 0.2) is 42.6 Å². The molecule has 1 aromatic carbocycles. The van der Waals surface area contributed by atoms with Gasteiger partial charge in [-0.25, -0.2) is 0 Å². The zero-order valence-corrected chi connectivity index (χ0v) is 23.7. The Morgan fingerprint density at radius 3 is 2.13 bits per heavy atom. The van der Waals surface area contributed by atoms with Crippen molar-refractivity contribution >= 4 is 30.2 Å². The lowest BCUT2D eigenvalue weighted by Crippen LogP contribution is -2.03. The van der Waals surface area contributed by atoms with E-state index in [1.165, 1.54) is 38.2 Å². The minimum atomic E-state index is -0.158. The highest BCUT2D eigenvalue weighted by atomic mass is 35.5. The lowest BCUT2D eigenvalue weighted by molar-refractivity contribution is -0.143. The minimum absolute atomic E-state index is 0. The normalized spacial score (nSPS) is 10.6. The quantitative estimate of drug-likeness (QED) is 0.0791. The lowest BCUT2D eigenvalue weighted by Gasteiger charge is -2.11. The van der Waals surface area contributed by atoms with Crippen LogP contribution in [0.1, 0.15) is 87.2 Å². The number of aromatic nitrogens is 1. The highest BCUT2D eigenvalue weighted by Gasteiger charge is 2.10. The number of ketones is 1. The molecule has 0 N–H and O–H groups in total. The van der Waals surface area contributed by atoms with Crippen LogP contribution < -0.4 is 14.2 Å². The molecule has 0 spiro atoms. The monoisotopic (exact) mass is 547 g/mol. The number of halogens is 1. The van der Waals surface area contributed by atoms with E-state index in [0.717, 1.165) is 25.7 Å². The summed E-state index contributed by atoms with van der Waals surface area (Å²) >= 11 is 0. The number of allylic oxidation sites excluding steroid dienone is 1. The Morgan fingerprint density at radius 1 is 0.842 bits per heavy atom. The second-order valence-corrected chi connectivity index (χ2v) is 8.74. The summed E-state index contributed by atoms with van der Waals surface area (Å²) in [5.74, 6) is 1.48. The molecule has 0 amide bonds. The Labute approximate surface area is 233 Å². The number of hydrogen-bond donors (Lipinski definition) is 0. The van der Waals surface area contributed by atoms with Gasteiger partial charge in [-0.3, -0.25) is 14.6 Å². The van der Waals surface area contributed by atoms with Crippen LogP contribution in [-0.4, -0.2) is 44.2 Å². The summed E-state index contributed by atoms with van der Waals surface area (Å²) in [6.07, 6.45) is 15.4. The van der Waals surface area contributed by atoms with Crippen molar-refractivity contribution in [2.75, 3.05) is 27.4 Å². The summed E-state index contributed by atoms with van der Waals surface area (Å²) in [6, 6.07) is 8.91. The fourth-order valence-corrected chi connectivity index (χ4v) is 3.92. The molecule has 2 rings (SSSR count). The van der Waals surface area contributed by atoms with E-state index >= 15 is 0 Å². The molecule has 0 fully saturated rings. The molecule has 0 unspecified atom stereocenters. The summed E-state index contributed by atoms with van der Waals surface area (Å²) in [6.45, 7) is 2.90. The molecule has 0 bridgehead atoms. The summed E-state index contributed by atoms with van der Waals surface area (Å²) in [7, 11) is 3.13. The first-order chi connectivity index (χ1) is 18.1. The molecular formula is C30H42ClNO6. The van der Waals surface area contributed by atoms with E-state index < -0.39 is 0 Å². The number of para-hydroxylation sites is 1. The van der Waals surface area contributed by atoms with Crippen molar-refractivity contribution < 1.29 is 28.5 Å². The standard InChI is InChI=1S/C30H41NO6.ClH/c1-4-36-30(33)18-12-10-8-6-5-7-9-11-15-21-37-28-22-24(31-23-29(28)35-3)19-20-26(32)25-16-13-14-17-27(25)34-2;/h13-14,16-17,19-20,22-23H,4-12,15,18,21H2,1-3H3;1H/b20-19+;. The van der Waals surface area contributed by atoms with E-state index in [1.807, 2.05) is 13.0 Å². The SMILES string of the molecule is CCOC(=O)CCCCCCCCCCCOc1cc(/C=C/C(=O)c2ccccc2OC)ncc1OC.Cl. The van der Waals surface area contributed by atoms with Crippen LogP contribution in [0.2, 0.25) is 0 Å². The highest BCUT2D eigenvalue weighted by molar-refractivity contribution is 6.08. The number of pyridine rings is 1. The van der Waals surface area contributed by atoms with Gasteiger partial charge in [0.05, 0.1) is 44.9 Å². The van der Waals surface area contributed by atoms with Crippen LogP contribution in [-0.2, 0) is 9.53 Å². The van der Waals surface area contributed by atoms with Crippen LogP contribution in [0, 0.1) is 0 Å². The second kappa shape index (κ2) is 20.0. The van der Waals surface area contributed by atoms with Gasteiger partial charge in [-0.05, 0) is 44.1 Å². The second-order valence-electron chi connectivity index (χ2n) is 8.74. The van der Waals surface area contributed by atoms with Crippen molar-refractivity contribution in [3.8, 4) is 17.2 Å². The predicted octanol–water partition coefficient (Wildman–Crippen LogP) is 7.26. The van der Waals surface area contributed by atoms with Crippen molar-refractivity contribution in [2.24, 2.45) is 0 Å². The number of esters is 1. The van der Waals surface area contributed by atoms with E-state index in [2.05, 4.69) is 4.98 Å². The number of unbranched alkanes of at least 4 members (excludes halogenated alkanes) is 8. The Morgan fingerprint density at radius 2 is 1.47 bits per heavy atom. The van der Waals surface area contributed by atoms with E-state index in [-0.39, 0.29) is 24.2 Å². The van der Waals surface area contributed by atoms with Crippen LogP contribution in [0.25, 0.3) is 6.08 Å². The fourth-order valence-electron chi connectivity index (χ4n) is 3.92. The topological polar surface area (TPSA) is 84.0 Å². The molecule has 1 aromatic heterocycles. The van der Waals surface area contributed by atoms with E-state index in [9.17, 15) is 9.59 Å². The van der Waals surface area contributed by atoms with Gasteiger partial charge in [0, 0.05) is 12.5 Å². The maximum atomic E-state index is 12.6. The van der Waals surface area contributed by atoms with Crippen molar-refractivity contribution in [1.82, 2.24) is 4.98 Å². The maximum absolute atomic E-state index is 12.6. The van der Waals surface area contributed by atoms with Gasteiger partial charge in [0.2, 0.25) is 0 Å². The molecular weight excluding hydrogens is 506 g/mol. The van der Waals surface area contributed by atoms with Crippen molar-refractivity contribution in [2.45, 2.75) is 71.1 Å². The number of ether oxygens (including phenoxy) is 4. The largest absolute Gasteiger partial charge is 0.496 e. The molecule has 1 heterocycles. The van der Waals surface area contributed by atoms with Crippen LogP contribution in [0.5, 0.6) is 17.2 Å². The molecule has 2 aromatic rings. The Kier molecular flexibility index (Phi) is 17.3. The number of rotatable bonds is 19. The highest BCUT2D eigenvalue weighted by Crippen LogP contribution is 2.27. The Balaban J connectivity index is 0.00000722. The predicted molar refractivity (Wildman–Crippen MR) is 153 cm³/mol. The van der Waals surface area contributed by atoms with Crippen molar-refractivity contribution in [1.29, 1.82) is 0 Å². The summed E-state index contributed by atoms with van der Waals surface area (Å²) in [4.78, 5) is 28.2. The molecule has 38 heavy (non-hydrogen) atoms. The van der Waals surface area contributed by atoms with Gasteiger partial charge in [-0.15, -0.1) is 12.4 Å². The lowest BCUT2D eigenvalue weighted by atomic mass is 10.1. The average molecular weight is 548 g/mol. The fraction of sp³-hybridized carbons (Fsp3) is 0.500. The van der Waals surface area contributed by atoms with Gasteiger partial charge in [0.1, 0.15) is 5.75 Å². The Hall–Kier alpha value is -3.06. The number of carbonyl (C=O) groups excluding carboxylic acids is 2. The summed E-state index contributed by atoms with van der Waals surface area (Å²) in [5, 5.41) is 0. The van der Waals surface area contributed by atoms with Crippen LogP contribution in [0.4, 0.5) is 0 Å². The summed E-state index contributed by atoms with van der Waals surface area (Å²) < 4.78 is 21.6. The molecule has 0 aliphatic rings. The molecule has 0 aliphatic carbocycles. The number of hydrogen-bond acceptors (Lipinski definition) is 7. The first-order valence-electron chi connectivity index (χ1n) is 13.3. The first-order valence-corrected chi connectivity index (χ1v) is 13.3. The smallest absolute Gasteiger partial charge is 0.305 e. The molecule has 7 nitrogen and oxygen atoms in total. The van der Waals surface area contributed by atoms with Crippen LogP contribution in [0.3, 0.4) is 0 Å². The molecule has 210 valence electrons. The zero-order chi connectivity index (χ0) is 26.7. The third-order valence-corrected chi connectivity index (χ3v) is 5.94. The molecule has 0 radical (unpaired) electrons. The van der Waals surface area contributed by atoms with Gasteiger partial charge in [0.15, 0.2) is 17.3 Å². The minimum Gasteiger partial charge on any atom is -0.496 e.